The lowest BCUT2D eigenvalue weighted by Crippen LogP contribution is -2.45. The Bertz CT molecular complexity index is 1300. The van der Waals surface area contributed by atoms with Crippen LogP contribution in [0.3, 0.4) is 0 Å². The summed E-state index contributed by atoms with van der Waals surface area (Å²) in [6.45, 7) is 3.82. The molecule has 3 heterocycles. The highest BCUT2D eigenvalue weighted by molar-refractivity contribution is 5.97. The molecule has 2 amide bonds. The van der Waals surface area contributed by atoms with Crippen LogP contribution in [0.2, 0.25) is 0 Å². The smallest absolute Gasteiger partial charge is 0.290 e. The Labute approximate surface area is 215 Å². The van der Waals surface area contributed by atoms with Gasteiger partial charge in [0.1, 0.15) is 6.54 Å². The number of amides is 2. The molecule has 9 nitrogen and oxygen atoms in total. The lowest BCUT2D eigenvalue weighted by molar-refractivity contribution is -0.117. The van der Waals surface area contributed by atoms with Crippen LogP contribution in [-0.4, -0.2) is 77.1 Å². The number of hydrogen-bond donors (Lipinski definition) is 1. The van der Waals surface area contributed by atoms with Gasteiger partial charge in [-0.2, -0.15) is 0 Å². The highest BCUT2D eigenvalue weighted by Gasteiger charge is 2.23. The van der Waals surface area contributed by atoms with Crippen LogP contribution in [-0.2, 0) is 9.53 Å². The topological polar surface area (TPSA) is 92.8 Å². The first-order valence-corrected chi connectivity index (χ1v) is 12.3. The van der Waals surface area contributed by atoms with Crippen LogP contribution in [0.5, 0.6) is 0 Å². The molecule has 5 rings (SSSR count). The number of furan rings is 1. The summed E-state index contributed by atoms with van der Waals surface area (Å²) in [6, 6.07) is 22.7. The number of ether oxygens (including phenoxy) is 1. The third-order valence-corrected chi connectivity index (χ3v) is 6.20. The zero-order chi connectivity index (χ0) is 25.5. The Hall–Kier alpha value is -4.21. The number of anilines is 1. The minimum Gasteiger partial charge on any atom is -0.459 e. The molecular weight excluding hydrogens is 470 g/mol. The summed E-state index contributed by atoms with van der Waals surface area (Å²) >= 11 is 0. The van der Waals surface area contributed by atoms with Gasteiger partial charge >= 0.3 is 0 Å². The molecule has 0 unspecified atom stereocenters. The SMILES string of the molecule is O=C(CN(CCN1CCOCC1)C(=O)c1ccco1)Nc1nc(-c2ccccc2)cn1-c1ccccc1. The predicted molar refractivity (Wildman–Crippen MR) is 140 cm³/mol. The Kier molecular flexibility index (Phi) is 7.73. The predicted octanol–water partition coefficient (Wildman–Crippen LogP) is 3.55. The van der Waals surface area contributed by atoms with Crippen molar-refractivity contribution in [3.63, 3.8) is 0 Å². The van der Waals surface area contributed by atoms with Gasteiger partial charge in [0.25, 0.3) is 5.91 Å². The van der Waals surface area contributed by atoms with Crippen molar-refractivity contribution in [2.75, 3.05) is 51.3 Å². The van der Waals surface area contributed by atoms with E-state index in [9.17, 15) is 9.59 Å². The van der Waals surface area contributed by atoms with Crippen molar-refractivity contribution in [2.45, 2.75) is 0 Å². The van der Waals surface area contributed by atoms with Gasteiger partial charge in [0.05, 0.1) is 25.2 Å². The van der Waals surface area contributed by atoms with E-state index in [1.54, 1.807) is 12.1 Å². The number of imidazole rings is 1. The van der Waals surface area contributed by atoms with Gasteiger partial charge in [-0.15, -0.1) is 0 Å². The highest BCUT2D eigenvalue weighted by atomic mass is 16.5. The molecule has 0 aliphatic carbocycles. The summed E-state index contributed by atoms with van der Waals surface area (Å²) < 4.78 is 12.6. The van der Waals surface area contributed by atoms with E-state index >= 15 is 0 Å². The van der Waals surface area contributed by atoms with E-state index in [2.05, 4.69) is 10.2 Å². The summed E-state index contributed by atoms with van der Waals surface area (Å²) in [5.74, 6) is -0.0883. The van der Waals surface area contributed by atoms with Gasteiger partial charge < -0.3 is 14.1 Å². The highest BCUT2D eigenvalue weighted by Crippen LogP contribution is 2.24. The van der Waals surface area contributed by atoms with Crippen molar-refractivity contribution >= 4 is 17.8 Å². The van der Waals surface area contributed by atoms with E-state index in [0.29, 0.717) is 32.3 Å². The van der Waals surface area contributed by atoms with E-state index in [0.717, 1.165) is 30.0 Å². The van der Waals surface area contributed by atoms with Gasteiger partial charge in [-0.1, -0.05) is 48.5 Å². The Morgan fingerprint density at radius 1 is 0.946 bits per heavy atom. The fourth-order valence-corrected chi connectivity index (χ4v) is 4.23. The fourth-order valence-electron chi connectivity index (χ4n) is 4.23. The van der Waals surface area contributed by atoms with E-state index in [-0.39, 0.29) is 24.1 Å². The van der Waals surface area contributed by atoms with Crippen LogP contribution in [0, 0.1) is 0 Å². The minimum absolute atomic E-state index is 0.133. The number of nitrogens with zero attached hydrogens (tertiary/aromatic N) is 4. The van der Waals surface area contributed by atoms with Crippen molar-refractivity contribution < 1.29 is 18.7 Å². The molecule has 2 aromatic carbocycles. The molecule has 0 radical (unpaired) electrons. The second-order valence-electron chi connectivity index (χ2n) is 8.73. The molecule has 4 aromatic rings. The average Bonchev–Trinajstić information content (AvgIpc) is 3.63. The number of aromatic nitrogens is 2. The third-order valence-electron chi connectivity index (χ3n) is 6.20. The van der Waals surface area contributed by atoms with Crippen LogP contribution in [0.15, 0.2) is 89.7 Å². The lowest BCUT2D eigenvalue weighted by Gasteiger charge is -2.29. The van der Waals surface area contributed by atoms with E-state index < -0.39 is 0 Å². The van der Waals surface area contributed by atoms with Crippen molar-refractivity contribution in [3.8, 4) is 16.9 Å². The molecule has 0 saturated carbocycles. The van der Waals surface area contributed by atoms with Crippen molar-refractivity contribution in [3.05, 3.63) is 91.0 Å². The largest absolute Gasteiger partial charge is 0.459 e. The van der Waals surface area contributed by atoms with Crippen LogP contribution in [0.4, 0.5) is 5.95 Å². The number of rotatable bonds is 9. The summed E-state index contributed by atoms with van der Waals surface area (Å²) in [7, 11) is 0. The minimum atomic E-state index is -0.343. The van der Waals surface area contributed by atoms with Gasteiger partial charge in [0.2, 0.25) is 11.9 Å². The Morgan fingerprint density at radius 2 is 1.68 bits per heavy atom. The van der Waals surface area contributed by atoms with Crippen LogP contribution in [0.1, 0.15) is 10.6 Å². The van der Waals surface area contributed by atoms with Gasteiger partial charge in [0, 0.05) is 43.6 Å². The quantitative estimate of drug-likeness (QED) is 0.379. The molecule has 1 fully saturated rings. The first-order chi connectivity index (χ1) is 18.2. The molecule has 1 saturated heterocycles. The molecule has 2 aromatic heterocycles. The molecule has 1 N–H and O–H groups in total. The Balaban J connectivity index is 1.35. The normalized spacial score (nSPS) is 13.8. The second kappa shape index (κ2) is 11.7. The Morgan fingerprint density at radius 3 is 2.38 bits per heavy atom. The van der Waals surface area contributed by atoms with E-state index in [1.165, 1.54) is 11.2 Å². The zero-order valence-corrected chi connectivity index (χ0v) is 20.5. The van der Waals surface area contributed by atoms with Crippen molar-refractivity contribution in [1.29, 1.82) is 0 Å². The number of carbonyl (C=O) groups is 2. The molecule has 0 atom stereocenters. The summed E-state index contributed by atoms with van der Waals surface area (Å²) in [6.07, 6.45) is 3.35. The number of morpholine rings is 1. The molecule has 9 heteroatoms. The van der Waals surface area contributed by atoms with Crippen LogP contribution >= 0.6 is 0 Å². The molecule has 1 aliphatic rings. The first-order valence-electron chi connectivity index (χ1n) is 12.3. The first kappa shape index (κ1) is 24.5. The number of para-hydroxylation sites is 1. The lowest BCUT2D eigenvalue weighted by atomic mass is 10.2. The van der Waals surface area contributed by atoms with Gasteiger partial charge in [-0.25, -0.2) is 4.98 Å². The number of carbonyl (C=O) groups excluding carboxylic acids is 2. The standard InChI is InChI=1S/C28H29N5O4/c34-26(21-32(27(35)25-12-7-17-37-25)14-13-31-15-18-36-19-16-31)30-28-29-24(22-8-3-1-4-9-22)20-33(28)23-10-5-2-6-11-23/h1-12,17,20H,13-16,18-19,21H2,(H,29,30,34). The van der Waals surface area contributed by atoms with Crippen molar-refractivity contribution in [1.82, 2.24) is 19.4 Å². The van der Waals surface area contributed by atoms with Crippen LogP contribution < -0.4 is 5.32 Å². The van der Waals surface area contributed by atoms with Crippen molar-refractivity contribution in [2.24, 2.45) is 0 Å². The zero-order valence-electron chi connectivity index (χ0n) is 20.5. The third kappa shape index (κ3) is 6.14. The molecule has 0 spiro atoms. The summed E-state index contributed by atoms with van der Waals surface area (Å²) in [4.78, 5) is 34.8. The van der Waals surface area contributed by atoms with Gasteiger partial charge in [0.15, 0.2) is 5.76 Å². The summed E-state index contributed by atoms with van der Waals surface area (Å²) in [5.41, 5.74) is 2.53. The number of nitrogens with one attached hydrogen (secondary N) is 1. The molecule has 0 bridgehead atoms. The summed E-state index contributed by atoms with van der Waals surface area (Å²) in [5, 5.41) is 2.92. The number of hydrogen-bond acceptors (Lipinski definition) is 6. The van der Waals surface area contributed by atoms with E-state index in [1.807, 2.05) is 71.4 Å². The molecule has 190 valence electrons. The molecule has 1 aliphatic heterocycles. The maximum absolute atomic E-state index is 13.3. The second-order valence-corrected chi connectivity index (χ2v) is 8.73. The maximum Gasteiger partial charge on any atom is 0.290 e. The van der Waals surface area contributed by atoms with Gasteiger partial charge in [-0.05, 0) is 24.3 Å². The van der Waals surface area contributed by atoms with E-state index in [4.69, 9.17) is 14.1 Å². The monoisotopic (exact) mass is 499 g/mol. The molecular formula is C28H29N5O4. The van der Waals surface area contributed by atoms with Gasteiger partial charge in [-0.3, -0.25) is 24.4 Å². The molecule has 37 heavy (non-hydrogen) atoms. The fraction of sp³-hybridized carbons (Fsp3) is 0.250. The number of benzene rings is 2. The average molecular weight is 500 g/mol. The maximum atomic E-state index is 13.3. The van der Waals surface area contributed by atoms with Crippen LogP contribution in [0.25, 0.3) is 16.9 Å².